The predicted octanol–water partition coefficient (Wildman–Crippen LogP) is 3.27. The van der Waals surface area contributed by atoms with Crippen LogP contribution >= 0.6 is 0 Å². The molecule has 0 unspecified atom stereocenters. The van der Waals surface area contributed by atoms with Crippen LogP contribution in [0.1, 0.15) is 41.6 Å². The van der Waals surface area contributed by atoms with Crippen LogP contribution in [0.4, 0.5) is 11.4 Å². The number of benzene rings is 1. The number of carbonyl (C=O) groups is 2. The molecule has 2 amide bonds. The molecule has 2 heterocycles. The van der Waals surface area contributed by atoms with Crippen LogP contribution in [0.3, 0.4) is 0 Å². The SMILES string of the molecule is Cc1cc(C(=O)Nc2ccc3c(c2)NC(=O)CO3)c(C)n1C(C)C. The maximum Gasteiger partial charge on any atom is 0.262 e. The first-order valence-corrected chi connectivity index (χ1v) is 7.93. The number of nitrogens with zero attached hydrogens (tertiary/aromatic N) is 1. The van der Waals surface area contributed by atoms with E-state index >= 15 is 0 Å². The number of hydrogen-bond acceptors (Lipinski definition) is 3. The van der Waals surface area contributed by atoms with Gasteiger partial charge in [0.1, 0.15) is 5.75 Å². The van der Waals surface area contributed by atoms with Crippen molar-refractivity contribution < 1.29 is 14.3 Å². The third-order valence-electron chi connectivity index (χ3n) is 4.12. The second-order valence-corrected chi connectivity index (χ2v) is 6.25. The Morgan fingerprint density at radius 2 is 2.04 bits per heavy atom. The van der Waals surface area contributed by atoms with Crippen LogP contribution in [-0.2, 0) is 4.79 Å². The van der Waals surface area contributed by atoms with Crippen LogP contribution < -0.4 is 15.4 Å². The van der Waals surface area contributed by atoms with E-state index in [0.717, 1.165) is 11.4 Å². The zero-order valence-corrected chi connectivity index (χ0v) is 14.3. The largest absolute Gasteiger partial charge is 0.482 e. The summed E-state index contributed by atoms with van der Waals surface area (Å²) in [5.41, 5.74) is 3.82. The first kappa shape index (κ1) is 16.1. The van der Waals surface area contributed by atoms with Crippen LogP contribution in [0.5, 0.6) is 5.75 Å². The van der Waals surface area contributed by atoms with Crippen molar-refractivity contribution in [2.75, 3.05) is 17.2 Å². The van der Waals surface area contributed by atoms with Gasteiger partial charge in [-0.3, -0.25) is 9.59 Å². The summed E-state index contributed by atoms with van der Waals surface area (Å²) in [6.07, 6.45) is 0. The molecule has 1 aliphatic heterocycles. The molecule has 0 bridgehead atoms. The summed E-state index contributed by atoms with van der Waals surface area (Å²) in [4.78, 5) is 24.0. The minimum atomic E-state index is -0.202. The Morgan fingerprint density at radius 1 is 1.29 bits per heavy atom. The molecule has 0 spiro atoms. The Morgan fingerprint density at radius 3 is 2.71 bits per heavy atom. The van der Waals surface area contributed by atoms with Gasteiger partial charge >= 0.3 is 0 Å². The number of aryl methyl sites for hydroxylation is 1. The number of amides is 2. The molecule has 6 nitrogen and oxygen atoms in total. The van der Waals surface area contributed by atoms with Gasteiger partial charge in [-0.25, -0.2) is 0 Å². The van der Waals surface area contributed by atoms with E-state index in [9.17, 15) is 9.59 Å². The fraction of sp³-hybridized carbons (Fsp3) is 0.333. The standard InChI is InChI=1S/C18H21N3O3/c1-10(2)21-11(3)7-14(12(21)4)18(23)19-13-5-6-16-15(8-13)20-17(22)9-24-16/h5-8,10H,9H2,1-4H3,(H,19,23)(H,20,22). The number of ether oxygens (including phenoxy) is 1. The molecule has 6 heteroatoms. The molecular formula is C18H21N3O3. The molecule has 24 heavy (non-hydrogen) atoms. The zero-order valence-electron chi connectivity index (χ0n) is 14.3. The highest BCUT2D eigenvalue weighted by molar-refractivity contribution is 6.06. The van der Waals surface area contributed by atoms with Crippen molar-refractivity contribution in [2.45, 2.75) is 33.7 Å². The van der Waals surface area contributed by atoms with E-state index in [1.54, 1.807) is 18.2 Å². The van der Waals surface area contributed by atoms with E-state index in [0.29, 0.717) is 28.7 Å². The monoisotopic (exact) mass is 327 g/mol. The molecule has 1 aromatic heterocycles. The van der Waals surface area contributed by atoms with E-state index in [2.05, 4.69) is 29.0 Å². The number of aromatic nitrogens is 1. The predicted molar refractivity (Wildman–Crippen MR) is 92.8 cm³/mol. The van der Waals surface area contributed by atoms with Crippen molar-refractivity contribution >= 4 is 23.2 Å². The highest BCUT2D eigenvalue weighted by Gasteiger charge is 2.19. The topological polar surface area (TPSA) is 72.4 Å². The highest BCUT2D eigenvalue weighted by Crippen LogP contribution is 2.31. The Balaban J connectivity index is 1.84. The molecule has 0 fully saturated rings. The minimum absolute atomic E-state index is 0.0138. The van der Waals surface area contributed by atoms with Gasteiger partial charge in [0.25, 0.3) is 11.8 Å². The number of anilines is 2. The number of nitrogens with one attached hydrogen (secondary N) is 2. The summed E-state index contributed by atoms with van der Waals surface area (Å²) in [6, 6.07) is 7.39. The van der Waals surface area contributed by atoms with Crippen molar-refractivity contribution in [1.29, 1.82) is 0 Å². The van der Waals surface area contributed by atoms with Gasteiger partial charge in [0.15, 0.2) is 6.61 Å². The Bertz CT molecular complexity index is 821. The van der Waals surface area contributed by atoms with Gasteiger partial charge in [-0.2, -0.15) is 0 Å². The van der Waals surface area contributed by atoms with Crippen molar-refractivity contribution in [3.63, 3.8) is 0 Å². The Kier molecular flexibility index (Phi) is 4.05. The van der Waals surface area contributed by atoms with Gasteiger partial charge in [-0.15, -0.1) is 0 Å². The van der Waals surface area contributed by atoms with Gasteiger partial charge in [0.2, 0.25) is 0 Å². The van der Waals surface area contributed by atoms with E-state index < -0.39 is 0 Å². The Labute approximate surface area is 140 Å². The lowest BCUT2D eigenvalue weighted by atomic mass is 10.2. The quantitative estimate of drug-likeness (QED) is 0.909. The van der Waals surface area contributed by atoms with E-state index in [4.69, 9.17) is 4.74 Å². The average molecular weight is 327 g/mol. The van der Waals surface area contributed by atoms with Gasteiger partial charge in [0.05, 0.1) is 11.3 Å². The van der Waals surface area contributed by atoms with Crippen LogP contribution in [-0.4, -0.2) is 23.0 Å². The molecule has 0 atom stereocenters. The van der Waals surface area contributed by atoms with Gasteiger partial charge in [-0.05, 0) is 52.0 Å². The third-order valence-corrected chi connectivity index (χ3v) is 4.12. The molecule has 126 valence electrons. The summed E-state index contributed by atoms with van der Waals surface area (Å²) in [6.45, 7) is 8.14. The maximum atomic E-state index is 12.6. The molecule has 0 radical (unpaired) electrons. The summed E-state index contributed by atoms with van der Waals surface area (Å²) in [5, 5.41) is 5.62. The van der Waals surface area contributed by atoms with Crippen LogP contribution in [0.2, 0.25) is 0 Å². The second kappa shape index (κ2) is 6.03. The van der Waals surface area contributed by atoms with Crippen molar-refractivity contribution in [1.82, 2.24) is 4.57 Å². The van der Waals surface area contributed by atoms with E-state index in [1.807, 2.05) is 19.9 Å². The lowest BCUT2D eigenvalue weighted by molar-refractivity contribution is -0.118. The zero-order chi connectivity index (χ0) is 17.4. The molecular weight excluding hydrogens is 306 g/mol. The molecule has 1 aromatic carbocycles. The highest BCUT2D eigenvalue weighted by atomic mass is 16.5. The first-order chi connectivity index (χ1) is 11.4. The number of rotatable bonds is 3. The Hall–Kier alpha value is -2.76. The first-order valence-electron chi connectivity index (χ1n) is 7.93. The summed E-state index contributed by atoms with van der Waals surface area (Å²) >= 11 is 0. The molecule has 2 N–H and O–H groups in total. The van der Waals surface area contributed by atoms with Crippen LogP contribution in [0.15, 0.2) is 24.3 Å². The third kappa shape index (κ3) is 2.87. The maximum absolute atomic E-state index is 12.6. The lowest BCUT2D eigenvalue weighted by Crippen LogP contribution is -2.25. The molecule has 2 aromatic rings. The van der Waals surface area contributed by atoms with Gasteiger partial charge < -0.3 is 19.9 Å². The van der Waals surface area contributed by atoms with Gasteiger partial charge in [-0.1, -0.05) is 0 Å². The van der Waals surface area contributed by atoms with E-state index in [-0.39, 0.29) is 18.4 Å². The summed E-state index contributed by atoms with van der Waals surface area (Å²) < 4.78 is 7.45. The molecule has 0 saturated carbocycles. The fourth-order valence-corrected chi connectivity index (χ4v) is 3.16. The smallest absolute Gasteiger partial charge is 0.262 e. The normalized spacial score (nSPS) is 13.3. The number of carbonyl (C=O) groups excluding carboxylic acids is 2. The van der Waals surface area contributed by atoms with E-state index in [1.165, 1.54) is 0 Å². The lowest BCUT2D eigenvalue weighted by Gasteiger charge is -2.18. The molecule has 1 aliphatic rings. The molecule has 0 aliphatic carbocycles. The second-order valence-electron chi connectivity index (χ2n) is 6.25. The average Bonchev–Trinajstić information content (AvgIpc) is 2.81. The number of fused-ring (bicyclic) bond motifs is 1. The summed E-state index contributed by atoms with van der Waals surface area (Å²) in [7, 11) is 0. The van der Waals surface area contributed by atoms with Crippen molar-refractivity contribution in [3.05, 3.63) is 41.2 Å². The van der Waals surface area contributed by atoms with Crippen LogP contribution in [0, 0.1) is 13.8 Å². The minimum Gasteiger partial charge on any atom is -0.482 e. The fourth-order valence-electron chi connectivity index (χ4n) is 3.16. The van der Waals surface area contributed by atoms with Crippen molar-refractivity contribution in [2.24, 2.45) is 0 Å². The molecule has 3 rings (SSSR count). The van der Waals surface area contributed by atoms with Crippen molar-refractivity contribution in [3.8, 4) is 5.75 Å². The molecule has 0 saturated heterocycles. The van der Waals surface area contributed by atoms with Gasteiger partial charge in [0, 0.05) is 23.1 Å². The summed E-state index contributed by atoms with van der Waals surface area (Å²) in [5.74, 6) is 0.232. The van der Waals surface area contributed by atoms with Crippen LogP contribution in [0.25, 0.3) is 0 Å². The number of hydrogen-bond donors (Lipinski definition) is 2.